The van der Waals surface area contributed by atoms with Crippen LogP contribution >= 0.6 is 0 Å². The quantitative estimate of drug-likeness (QED) is 0.845. The summed E-state index contributed by atoms with van der Waals surface area (Å²) in [6.07, 6.45) is 5.01. The zero-order valence-corrected chi connectivity index (χ0v) is 10.8. The van der Waals surface area contributed by atoms with Gasteiger partial charge < -0.3 is 15.0 Å². The minimum Gasteiger partial charge on any atom is -0.376 e. The molecule has 5 nitrogen and oxygen atoms in total. The predicted molar refractivity (Wildman–Crippen MR) is 70.4 cm³/mol. The summed E-state index contributed by atoms with van der Waals surface area (Å²) in [4.78, 5) is 26.7. The first-order valence-corrected chi connectivity index (χ1v) is 6.89. The lowest BCUT2D eigenvalue weighted by Gasteiger charge is -2.11. The molecule has 1 aromatic heterocycles. The number of nitrogens with one attached hydrogen (secondary N) is 2. The van der Waals surface area contributed by atoms with Gasteiger partial charge in [-0.2, -0.15) is 0 Å². The largest absolute Gasteiger partial charge is 0.376 e. The van der Waals surface area contributed by atoms with Crippen LogP contribution in [0.5, 0.6) is 0 Å². The lowest BCUT2D eigenvalue weighted by molar-refractivity contribution is 0.0856. The second kappa shape index (κ2) is 5.17. The third-order valence-electron chi connectivity index (χ3n) is 3.85. The minimum atomic E-state index is -0.300. The van der Waals surface area contributed by atoms with Gasteiger partial charge in [-0.15, -0.1) is 0 Å². The standard InChI is InChI=1S/C14H18N2O3/c17-13(15-8-10-4-2-6-19-10)11-7-9-3-1-5-12(9)16-14(11)18/h7,10H,1-6,8H2,(H,15,17)(H,16,18)/t10-/m1/s1. The van der Waals surface area contributed by atoms with Gasteiger partial charge in [-0.1, -0.05) is 0 Å². The zero-order valence-electron chi connectivity index (χ0n) is 10.8. The van der Waals surface area contributed by atoms with Crippen molar-refractivity contribution in [3.63, 3.8) is 0 Å². The van der Waals surface area contributed by atoms with Crippen molar-refractivity contribution in [1.82, 2.24) is 10.3 Å². The molecule has 0 spiro atoms. The molecule has 1 amide bonds. The van der Waals surface area contributed by atoms with Crippen molar-refractivity contribution in [2.24, 2.45) is 0 Å². The molecule has 102 valence electrons. The van der Waals surface area contributed by atoms with Crippen molar-refractivity contribution in [3.8, 4) is 0 Å². The molecule has 1 aliphatic heterocycles. The number of amides is 1. The molecule has 0 saturated carbocycles. The molecule has 1 aromatic rings. The molecular weight excluding hydrogens is 244 g/mol. The Balaban J connectivity index is 1.70. The molecule has 0 bridgehead atoms. The zero-order chi connectivity index (χ0) is 13.2. The van der Waals surface area contributed by atoms with Crippen molar-refractivity contribution in [2.45, 2.75) is 38.2 Å². The van der Waals surface area contributed by atoms with Gasteiger partial charge in [0.1, 0.15) is 5.56 Å². The Morgan fingerprint density at radius 1 is 1.42 bits per heavy atom. The average Bonchev–Trinajstić information content (AvgIpc) is 3.05. The topological polar surface area (TPSA) is 71.2 Å². The summed E-state index contributed by atoms with van der Waals surface area (Å²) >= 11 is 0. The summed E-state index contributed by atoms with van der Waals surface area (Å²) in [7, 11) is 0. The van der Waals surface area contributed by atoms with E-state index in [0.29, 0.717) is 6.54 Å². The Morgan fingerprint density at radius 2 is 2.32 bits per heavy atom. The van der Waals surface area contributed by atoms with Crippen LogP contribution in [0.4, 0.5) is 0 Å². The summed E-state index contributed by atoms with van der Waals surface area (Å²) in [5.74, 6) is -0.300. The maximum atomic E-state index is 12.0. The first kappa shape index (κ1) is 12.4. The van der Waals surface area contributed by atoms with Crippen LogP contribution in [0.3, 0.4) is 0 Å². The fourth-order valence-electron chi connectivity index (χ4n) is 2.79. The summed E-state index contributed by atoms with van der Waals surface area (Å²) in [6, 6.07) is 1.74. The normalized spacial score (nSPS) is 21.4. The Morgan fingerprint density at radius 3 is 3.11 bits per heavy atom. The molecular formula is C14H18N2O3. The molecule has 19 heavy (non-hydrogen) atoms. The van der Waals surface area contributed by atoms with E-state index in [1.165, 1.54) is 0 Å². The van der Waals surface area contributed by atoms with Crippen LogP contribution in [-0.2, 0) is 17.6 Å². The van der Waals surface area contributed by atoms with Gasteiger partial charge in [0.05, 0.1) is 6.10 Å². The van der Waals surface area contributed by atoms with Gasteiger partial charge >= 0.3 is 0 Å². The fraction of sp³-hybridized carbons (Fsp3) is 0.571. The van der Waals surface area contributed by atoms with Crippen LogP contribution in [-0.4, -0.2) is 30.1 Å². The van der Waals surface area contributed by atoms with Crippen LogP contribution in [0.25, 0.3) is 0 Å². The van der Waals surface area contributed by atoms with E-state index in [1.807, 2.05) is 0 Å². The lowest BCUT2D eigenvalue weighted by atomic mass is 10.1. The van der Waals surface area contributed by atoms with Crippen LogP contribution in [0.2, 0.25) is 0 Å². The number of carbonyl (C=O) groups is 1. The van der Waals surface area contributed by atoms with Crippen LogP contribution in [0.1, 0.15) is 40.9 Å². The predicted octanol–water partition coefficient (Wildman–Crippen LogP) is 0.772. The van der Waals surface area contributed by atoms with Gasteiger partial charge in [0.2, 0.25) is 0 Å². The number of fused-ring (bicyclic) bond motifs is 1. The number of hydrogen-bond donors (Lipinski definition) is 2. The van der Waals surface area contributed by atoms with Crippen molar-refractivity contribution < 1.29 is 9.53 Å². The Kier molecular flexibility index (Phi) is 3.38. The third kappa shape index (κ3) is 2.56. The number of carbonyl (C=O) groups excluding carboxylic acids is 1. The number of aromatic nitrogens is 1. The maximum absolute atomic E-state index is 12.0. The highest BCUT2D eigenvalue weighted by Crippen LogP contribution is 2.18. The molecule has 1 fully saturated rings. The molecule has 1 saturated heterocycles. The molecule has 5 heteroatoms. The van der Waals surface area contributed by atoms with Crippen molar-refractivity contribution in [1.29, 1.82) is 0 Å². The number of aryl methyl sites for hydroxylation is 2. The molecule has 1 aliphatic carbocycles. The number of H-pyrrole nitrogens is 1. The number of pyridine rings is 1. The van der Waals surface area contributed by atoms with E-state index in [-0.39, 0.29) is 23.1 Å². The second-order valence-corrected chi connectivity index (χ2v) is 5.21. The number of ether oxygens (including phenoxy) is 1. The maximum Gasteiger partial charge on any atom is 0.261 e. The highest BCUT2D eigenvalue weighted by molar-refractivity contribution is 5.94. The van der Waals surface area contributed by atoms with E-state index in [1.54, 1.807) is 6.07 Å². The summed E-state index contributed by atoms with van der Waals surface area (Å²) in [5.41, 5.74) is 2.02. The number of hydrogen-bond acceptors (Lipinski definition) is 3. The second-order valence-electron chi connectivity index (χ2n) is 5.21. The van der Waals surface area contributed by atoms with E-state index in [9.17, 15) is 9.59 Å². The Bertz CT molecular complexity index is 544. The van der Waals surface area contributed by atoms with E-state index >= 15 is 0 Å². The molecule has 2 N–H and O–H groups in total. The van der Waals surface area contributed by atoms with Gasteiger partial charge in [0.15, 0.2) is 0 Å². The van der Waals surface area contributed by atoms with Gasteiger partial charge in [0.25, 0.3) is 11.5 Å². The highest BCUT2D eigenvalue weighted by Gasteiger charge is 2.20. The van der Waals surface area contributed by atoms with Crippen molar-refractivity contribution in [2.75, 3.05) is 13.2 Å². The molecule has 0 aromatic carbocycles. The number of rotatable bonds is 3. The van der Waals surface area contributed by atoms with Crippen LogP contribution < -0.4 is 10.9 Å². The van der Waals surface area contributed by atoms with Crippen molar-refractivity contribution in [3.05, 3.63) is 33.2 Å². The molecule has 3 rings (SSSR count). The highest BCUT2D eigenvalue weighted by atomic mass is 16.5. The number of aromatic amines is 1. The molecule has 0 unspecified atom stereocenters. The van der Waals surface area contributed by atoms with E-state index in [2.05, 4.69) is 10.3 Å². The van der Waals surface area contributed by atoms with Gasteiger partial charge in [-0.3, -0.25) is 9.59 Å². The van der Waals surface area contributed by atoms with Gasteiger partial charge in [-0.05, 0) is 43.7 Å². The summed E-state index contributed by atoms with van der Waals surface area (Å²) in [5, 5.41) is 2.79. The van der Waals surface area contributed by atoms with Crippen LogP contribution in [0, 0.1) is 0 Å². The molecule has 2 aliphatic rings. The molecule has 1 atom stereocenters. The minimum absolute atomic E-state index is 0.0949. The lowest BCUT2D eigenvalue weighted by Crippen LogP contribution is -2.35. The Labute approximate surface area is 111 Å². The van der Waals surface area contributed by atoms with E-state index in [0.717, 1.165) is 50.0 Å². The van der Waals surface area contributed by atoms with Crippen LogP contribution in [0.15, 0.2) is 10.9 Å². The van der Waals surface area contributed by atoms with Gasteiger partial charge in [0, 0.05) is 18.8 Å². The van der Waals surface area contributed by atoms with E-state index in [4.69, 9.17) is 4.74 Å². The van der Waals surface area contributed by atoms with Gasteiger partial charge in [-0.25, -0.2) is 0 Å². The fourth-order valence-corrected chi connectivity index (χ4v) is 2.79. The molecule has 0 radical (unpaired) electrons. The first-order valence-electron chi connectivity index (χ1n) is 6.89. The summed E-state index contributed by atoms with van der Waals surface area (Å²) in [6.45, 7) is 1.25. The first-order chi connectivity index (χ1) is 9.24. The smallest absolute Gasteiger partial charge is 0.261 e. The Hall–Kier alpha value is -1.62. The average molecular weight is 262 g/mol. The van der Waals surface area contributed by atoms with Crippen molar-refractivity contribution >= 4 is 5.91 Å². The van der Waals surface area contributed by atoms with E-state index < -0.39 is 0 Å². The summed E-state index contributed by atoms with van der Waals surface area (Å²) < 4.78 is 5.44. The SMILES string of the molecule is O=C(NC[C@H]1CCCO1)c1cc2c([nH]c1=O)CCC2. The molecule has 2 heterocycles. The monoisotopic (exact) mass is 262 g/mol. The third-order valence-corrected chi connectivity index (χ3v) is 3.85.